The minimum atomic E-state index is -0.592. The maximum absolute atomic E-state index is 12.4. The van der Waals surface area contributed by atoms with Gasteiger partial charge in [-0.3, -0.25) is 9.59 Å². The Balaban J connectivity index is 1.85. The first-order valence-electron chi connectivity index (χ1n) is 8.91. The molecule has 0 bridgehead atoms. The summed E-state index contributed by atoms with van der Waals surface area (Å²) in [6.45, 7) is 0.995. The van der Waals surface area contributed by atoms with Crippen LogP contribution in [0, 0.1) is 0 Å². The van der Waals surface area contributed by atoms with Crippen molar-refractivity contribution in [3.8, 4) is 0 Å². The molecular weight excluding hydrogens is 412 g/mol. The molecule has 0 atom stereocenters. The fraction of sp³-hybridized carbons (Fsp3) is 0.350. The zero-order valence-corrected chi connectivity index (χ0v) is 18.0. The van der Waals surface area contributed by atoms with Crippen LogP contribution in [0.1, 0.15) is 15.9 Å². The van der Waals surface area contributed by atoms with Gasteiger partial charge in [-0.15, -0.1) is 11.8 Å². The number of thiophene rings is 1. The number of hydrogen-bond donors (Lipinski definition) is 1. The van der Waals surface area contributed by atoms with E-state index in [1.165, 1.54) is 16.7 Å². The third-order valence-electron chi connectivity index (χ3n) is 3.85. The molecule has 0 saturated heterocycles. The highest BCUT2D eigenvalue weighted by Gasteiger charge is 2.17. The standard InChI is InChI=1S/C20H24N2O5S2/c1-22(11-15-7-10-28-13-15)19(24)12-27-20(25)16-5-3-4-6-17(16)29-14-18(23)21-8-9-26-2/h3-7,10,13H,8-9,11-12,14H2,1-2H3,(H,21,23). The summed E-state index contributed by atoms with van der Waals surface area (Å²) in [6.07, 6.45) is 0. The molecule has 7 nitrogen and oxygen atoms in total. The maximum atomic E-state index is 12.4. The zero-order valence-electron chi connectivity index (χ0n) is 16.4. The number of rotatable bonds is 11. The van der Waals surface area contributed by atoms with Crippen LogP contribution in [0.5, 0.6) is 0 Å². The minimum Gasteiger partial charge on any atom is -0.452 e. The van der Waals surface area contributed by atoms with Crippen molar-refractivity contribution in [3.05, 3.63) is 52.2 Å². The molecule has 0 unspecified atom stereocenters. The smallest absolute Gasteiger partial charge is 0.339 e. The highest BCUT2D eigenvalue weighted by atomic mass is 32.2. The first kappa shape index (κ1) is 22.9. The molecule has 0 fully saturated rings. The van der Waals surface area contributed by atoms with Crippen LogP contribution in [-0.4, -0.2) is 62.4 Å². The van der Waals surface area contributed by atoms with Crippen molar-refractivity contribution >= 4 is 40.9 Å². The summed E-state index contributed by atoms with van der Waals surface area (Å²) < 4.78 is 10.1. The minimum absolute atomic E-state index is 0.152. The Kier molecular flexibility index (Phi) is 9.69. The van der Waals surface area contributed by atoms with Gasteiger partial charge in [-0.25, -0.2) is 4.79 Å². The number of carbonyl (C=O) groups is 3. The number of esters is 1. The Morgan fingerprint density at radius 2 is 2.00 bits per heavy atom. The molecule has 1 heterocycles. The molecule has 2 amide bonds. The summed E-state index contributed by atoms with van der Waals surface area (Å²) in [7, 11) is 3.23. The van der Waals surface area contributed by atoms with E-state index in [1.807, 2.05) is 16.8 Å². The van der Waals surface area contributed by atoms with E-state index in [9.17, 15) is 14.4 Å². The van der Waals surface area contributed by atoms with E-state index in [2.05, 4.69) is 5.32 Å². The Morgan fingerprint density at radius 1 is 1.21 bits per heavy atom. The molecule has 1 aromatic carbocycles. The van der Waals surface area contributed by atoms with Crippen LogP contribution in [0.2, 0.25) is 0 Å². The lowest BCUT2D eigenvalue weighted by molar-refractivity contribution is -0.133. The summed E-state index contributed by atoms with van der Waals surface area (Å²) in [5.41, 5.74) is 1.36. The van der Waals surface area contributed by atoms with Gasteiger partial charge in [-0.2, -0.15) is 11.3 Å². The molecule has 0 saturated carbocycles. The van der Waals surface area contributed by atoms with Crippen LogP contribution >= 0.6 is 23.1 Å². The van der Waals surface area contributed by atoms with Crippen molar-refractivity contribution in [2.24, 2.45) is 0 Å². The van der Waals surface area contributed by atoms with Crippen molar-refractivity contribution in [3.63, 3.8) is 0 Å². The molecule has 156 valence electrons. The van der Waals surface area contributed by atoms with E-state index in [-0.39, 0.29) is 24.2 Å². The van der Waals surface area contributed by atoms with Crippen LogP contribution in [0.3, 0.4) is 0 Å². The number of thioether (sulfide) groups is 1. The Labute approximate surface area is 178 Å². The van der Waals surface area contributed by atoms with E-state index in [0.717, 1.165) is 5.56 Å². The number of hydrogen-bond acceptors (Lipinski definition) is 7. The second kappa shape index (κ2) is 12.3. The van der Waals surface area contributed by atoms with Gasteiger partial charge in [0.1, 0.15) is 0 Å². The summed E-state index contributed by atoms with van der Waals surface area (Å²) in [5, 5.41) is 6.63. The van der Waals surface area contributed by atoms with Crippen molar-refractivity contribution in [2.75, 3.05) is 39.7 Å². The predicted molar refractivity (Wildman–Crippen MR) is 113 cm³/mol. The number of likely N-dealkylation sites (N-methyl/N-ethyl adjacent to an activating group) is 1. The average Bonchev–Trinajstić information content (AvgIpc) is 3.23. The first-order chi connectivity index (χ1) is 14.0. The Hall–Kier alpha value is -2.36. The zero-order chi connectivity index (χ0) is 21.1. The molecule has 1 N–H and O–H groups in total. The van der Waals surface area contributed by atoms with Gasteiger partial charge in [0.05, 0.1) is 17.9 Å². The van der Waals surface area contributed by atoms with E-state index in [1.54, 1.807) is 49.8 Å². The largest absolute Gasteiger partial charge is 0.452 e. The second-order valence-corrected chi connectivity index (χ2v) is 7.88. The van der Waals surface area contributed by atoms with E-state index >= 15 is 0 Å². The normalized spacial score (nSPS) is 10.4. The molecule has 0 radical (unpaired) electrons. The highest BCUT2D eigenvalue weighted by Crippen LogP contribution is 2.23. The predicted octanol–water partition coefficient (Wildman–Crippen LogP) is 2.42. The third-order valence-corrected chi connectivity index (χ3v) is 5.65. The lowest BCUT2D eigenvalue weighted by Crippen LogP contribution is -2.30. The van der Waals surface area contributed by atoms with Gasteiger partial charge in [0.2, 0.25) is 5.91 Å². The quantitative estimate of drug-likeness (QED) is 0.331. The number of benzene rings is 1. The molecule has 0 aliphatic rings. The monoisotopic (exact) mass is 436 g/mol. The summed E-state index contributed by atoms with van der Waals surface area (Å²) in [5.74, 6) is -0.867. The topological polar surface area (TPSA) is 84.9 Å². The van der Waals surface area contributed by atoms with Gasteiger partial charge in [-0.05, 0) is 34.5 Å². The molecule has 0 aliphatic heterocycles. The van der Waals surface area contributed by atoms with Crippen molar-refractivity contribution in [1.29, 1.82) is 0 Å². The SMILES string of the molecule is COCCNC(=O)CSc1ccccc1C(=O)OCC(=O)N(C)Cc1ccsc1. The molecule has 29 heavy (non-hydrogen) atoms. The molecule has 2 rings (SSSR count). The number of nitrogens with zero attached hydrogens (tertiary/aromatic N) is 1. The molecular formula is C20H24N2O5S2. The Morgan fingerprint density at radius 3 is 2.72 bits per heavy atom. The molecule has 9 heteroatoms. The van der Waals surface area contributed by atoms with Gasteiger partial charge in [0, 0.05) is 32.1 Å². The third kappa shape index (κ3) is 7.88. The maximum Gasteiger partial charge on any atom is 0.339 e. The number of methoxy groups -OCH3 is 1. The van der Waals surface area contributed by atoms with Crippen molar-refractivity contribution in [2.45, 2.75) is 11.4 Å². The van der Waals surface area contributed by atoms with E-state index in [0.29, 0.717) is 30.2 Å². The highest BCUT2D eigenvalue weighted by molar-refractivity contribution is 8.00. The number of amides is 2. The molecule has 0 aliphatic carbocycles. The fourth-order valence-corrected chi connectivity index (χ4v) is 3.84. The molecule has 0 spiro atoms. The molecule has 1 aromatic heterocycles. The van der Waals surface area contributed by atoms with Crippen LogP contribution in [0.15, 0.2) is 46.0 Å². The lowest BCUT2D eigenvalue weighted by atomic mass is 10.2. The van der Waals surface area contributed by atoms with Crippen molar-refractivity contribution < 1.29 is 23.9 Å². The van der Waals surface area contributed by atoms with Gasteiger partial charge in [-0.1, -0.05) is 12.1 Å². The Bertz CT molecular complexity index is 811. The van der Waals surface area contributed by atoms with E-state index in [4.69, 9.17) is 9.47 Å². The summed E-state index contributed by atoms with van der Waals surface area (Å²) >= 11 is 2.80. The van der Waals surface area contributed by atoms with Gasteiger partial charge < -0.3 is 19.7 Å². The van der Waals surface area contributed by atoms with Crippen LogP contribution in [-0.2, 0) is 25.6 Å². The van der Waals surface area contributed by atoms with Gasteiger partial charge in [0.25, 0.3) is 5.91 Å². The number of carbonyl (C=O) groups excluding carboxylic acids is 3. The summed E-state index contributed by atoms with van der Waals surface area (Å²) in [4.78, 5) is 38.6. The first-order valence-corrected chi connectivity index (χ1v) is 10.8. The summed E-state index contributed by atoms with van der Waals surface area (Å²) in [6, 6.07) is 8.80. The number of ether oxygens (including phenoxy) is 2. The van der Waals surface area contributed by atoms with Crippen LogP contribution in [0.4, 0.5) is 0 Å². The number of nitrogens with one attached hydrogen (secondary N) is 1. The van der Waals surface area contributed by atoms with Crippen LogP contribution in [0.25, 0.3) is 0 Å². The van der Waals surface area contributed by atoms with Crippen molar-refractivity contribution in [1.82, 2.24) is 10.2 Å². The fourth-order valence-electron chi connectivity index (χ4n) is 2.31. The van der Waals surface area contributed by atoms with Gasteiger partial charge >= 0.3 is 5.97 Å². The second-order valence-electron chi connectivity index (χ2n) is 6.09. The van der Waals surface area contributed by atoms with Gasteiger partial charge in [0.15, 0.2) is 6.61 Å². The van der Waals surface area contributed by atoms with Crippen LogP contribution < -0.4 is 5.32 Å². The molecule has 2 aromatic rings. The lowest BCUT2D eigenvalue weighted by Gasteiger charge is -2.16. The average molecular weight is 437 g/mol. The van der Waals surface area contributed by atoms with E-state index < -0.39 is 5.97 Å².